The maximum Gasteiger partial charge on any atom is 0.332 e. The molecule has 0 spiro atoms. The van der Waals surface area contributed by atoms with Crippen LogP contribution in [-0.2, 0) is 17.2 Å². The molecule has 1 aromatic heterocycles. The number of phenols is 1. The molecule has 4 atom stereocenters. The van der Waals surface area contributed by atoms with Gasteiger partial charge in [-0.05, 0) is 17.7 Å². The van der Waals surface area contributed by atoms with Crippen LogP contribution in [0.25, 0.3) is 0 Å². The third kappa shape index (κ3) is 3.56. The van der Waals surface area contributed by atoms with E-state index in [9.17, 15) is 49.6 Å². The first kappa shape index (κ1) is 23.5. The summed E-state index contributed by atoms with van der Waals surface area (Å²) >= 11 is 0. The van der Waals surface area contributed by atoms with Crippen molar-refractivity contribution < 1.29 is 44.8 Å². The van der Waals surface area contributed by atoms with Gasteiger partial charge in [-0.15, -0.1) is 5.06 Å². The molecular weight excluding hydrogens is 439 g/mol. The zero-order chi connectivity index (χ0) is 23.8. The number of phenolic OH excluding ortho intramolecular Hbond substituents is 1. The summed E-state index contributed by atoms with van der Waals surface area (Å²) in [6.45, 7) is -1.62. The number of ether oxygens (including phenoxy) is 1. The summed E-state index contributed by atoms with van der Waals surface area (Å²) in [5.74, 6) is -5.14. The van der Waals surface area contributed by atoms with Crippen LogP contribution < -0.4 is 16.8 Å². The number of hydrogen-bond donors (Lipinski definition) is 8. The van der Waals surface area contributed by atoms with Gasteiger partial charge in [-0.2, -0.15) is 5.54 Å². The number of amides is 1. The summed E-state index contributed by atoms with van der Waals surface area (Å²) in [4.78, 5) is 37.4. The fourth-order valence-corrected chi connectivity index (χ4v) is 3.31. The van der Waals surface area contributed by atoms with E-state index >= 15 is 0 Å². The second kappa shape index (κ2) is 8.40. The lowest BCUT2D eigenvalue weighted by atomic mass is 10.00. The number of carbonyl (C=O) groups is 1. The van der Waals surface area contributed by atoms with Gasteiger partial charge in [0.05, 0.1) is 13.2 Å². The summed E-state index contributed by atoms with van der Waals surface area (Å²) in [6.07, 6.45) is -3.68. The third-order valence-electron chi connectivity index (χ3n) is 5.00. The highest BCUT2D eigenvalue weighted by molar-refractivity contribution is 5.92. The van der Waals surface area contributed by atoms with E-state index in [1.54, 1.807) is 4.98 Å². The summed E-state index contributed by atoms with van der Waals surface area (Å²) in [7, 11) is 0. The van der Waals surface area contributed by atoms with Crippen molar-refractivity contribution in [3.8, 4) is 5.75 Å². The monoisotopic (exact) mass is 458 g/mol. The summed E-state index contributed by atoms with van der Waals surface area (Å²) in [5.41, 5.74) is -6.24. The smallest absolute Gasteiger partial charge is 0.332 e. The molecule has 1 saturated heterocycles. The molecule has 15 heteroatoms. The number of H-pyrrole nitrogens is 1. The maximum atomic E-state index is 12.6. The Morgan fingerprint density at radius 2 is 1.91 bits per heavy atom. The molecule has 1 fully saturated rings. The largest absolute Gasteiger partial charge is 0.508 e. The van der Waals surface area contributed by atoms with Gasteiger partial charge < -0.3 is 35.5 Å². The molecule has 1 aromatic carbocycles. The number of aliphatic hydroxyl groups is 4. The summed E-state index contributed by atoms with van der Waals surface area (Å²) < 4.78 is 17.7. The lowest BCUT2D eigenvalue weighted by Crippen LogP contribution is -2.68. The summed E-state index contributed by atoms with van der Waals surface area (Å²) in [5, 5.41) is 62.2. The normalized spacial score (nSPS) is 27.6. The van der Waals surface area contributed by atoms with Crippen LogP contribution in [-0.4, -0.2) is 75.8 Å². The number of nitrogens with zero attached hydrogens (tertiary/aromatic N) is 2. The van der Waals surface area contributed by atoms with Gasteiger partial charge in [0, 0.05) is 6.20 Å². The van der Waals surface area contributed by atoms with Gasteiger partial charge >= 0.3 is 11.6 Å². The predicted octanol–water partition coefficient (Wildman–Crippen LogP) is -3.21. The fraction of sp³-hybridized carbons (Fsp3) is 0.353. The van der Waals surface area contributed by atoms with Crippen LogP contribution in [0.4, 0.5) is 4.48 Å². The topological polar surface area (TPSA) is 218 Å². The molecule has 0 unspecified atom stereocenters. The highest BCUT2D eigenvalue weighted by Crippen LogP contribution is 2.43. The molecule has 1 aliphatic heterocycles. The van der Waals surface area contributed by atoms with Crippen molar-refractivity contribution in [2.75, 3.05) is 6.61 Å². The van der Waals surface area contributed by atoms with E-state index in [-0.39, 0.29) is 20.9 Å². The minimum absolute atomic E-state index is 0.00778. The Labute approximate surface area is 176 Å². The van der Waals surface area contributed by atoms with E-state index in [4.69, 9.17) is 4.74 Å². The van der Waals surface area contributed by atoms with Crippen molar-refractivity contribution in [3.63, 3.8) is 0 Å². The molecule has 0 aliphatic carbocycles. The maximum absolute atomic E-state index is 12.6. The van der Waals surface area contributed by atoms with Crippen molar-refractivity contribution in [1.82, 2.24) is 20.2 Å². The third-order valence-corrected chi connectivity index (χ3v) is 5.00. The SMILES string of the molecule is O=C(NF)c1cn([C@]2(O)O[C@H](CO)[C@@H](O)[C@]2(O)N(O)Cc2ccc(O)cc2)c(=O)[nH]c1=O. The van der Waals surface area contributed by atoms with Crippen molar-refractivity contribution in [2.45, 2.75) is 30.4 Å². The molecule has 14 nitrogen and oxygen atoms in total. The quantitative estimate of drug-likeness (QED) is 0.122. The van der Waals surface area contributed by atoms with Crippen molar-refractivity contribution in [1.29, 1.82) is 0 Å². The molecule has 0 saturated carbocycles. The molecule has 2 aromatic rings. The number of aromatic nitrogens is 2. The molecule has 32 heavy (non-hydrogen) atoms. The van der Waals surface area contributed by atoms with Gasteiger partial charge in [-0.1, -0.05) is 16.6 Å². The second-order valence-corrected chi connectivity index (χ2v) is 6.94. The van der Waals surface area contributed by atoms with Crippen LogP contribution in [0, 0.1) is 0 Å². The van der Waals surface area contributed by atoms with Crippen LogP contribution in [0.3, 0.4) is 0 Å². The Balaban J connectivity index is 2.15. The molecule has 174 valence electrons. The first-order valence-corrected chi connectivity index (χ1v) is 8.93. The number of halogens is 1. The number of carbonyl (C=O) groups excluding carboxylic acids is 1. The molecule has 3 rings (SSSR count). The van der Waals surface area contributed by atoms with E-state index in [1.807, 2.05) is 0 Å². The second-order valence-electron chi connectivity index (χ2n) is 6.94. The lowest BCUT2D eigenvalue weighted by Gasteiger charge is -2.42. The van der Waals surface area contributed by atoms with Gasteiger partial charge in [0.15, 0.2) is 0 Å². The molecule has 1 aliphatic rings. The van der Waals surface area contributed by atoms with E-state index < -0.39 is 59.7 Å². The van der Waals surface area contributed by atoms with E-state index in [2.05, 4.69) is 0 Å². The Kier molecular flexibility index (Phi) is 6.16. The fourth-order valence-electron chi connectivity index (χ4n) is 3.31. The molecule has 0 bridgehead atoms. The number of hydrogen-bond acceptors (Lipinski definition) is 11. The minimum Gasteiger partial charge on any atom is -0.508 e. The highest BCUT2D eigenvalue weighted by Gasteiger charge is 2.70. The van der Waals surface area contributed by atoms with E-state index in [1.165, 1.54) is 24.3 Å². The average Bonchev–Trinajstić information content (AvgIpc) is 2.97. The number of aromatic amines is 1. The van der Waals surface area contributed by atoms with Gasteiger partial charge in [-0.3, -0.25) is 14.6 Å². The van der Waals surface area contributed by atoms with Gasteiger partial charge in [0.25, 0.3) is 11.5 Å². The van der Waals surface area contributed by atoms with Gasteiger partial charge in [0.1, 0.15) is 23.5 Å². The van der Waals surface area contributed by atoms with Crippen molar-refractivity contribution in [3.05, 3.63) is 62.4 Å². The Bertz CT molecular complexity index is 1120. The Morgan fingerprint density at radius 1 is 1.28 bits per heavy atom. The summed E-state index contributed by atoms with van der Waals surface area (Å²) in [6, 6.07) is 5.13. The zero-order valence-electron chi connectivity index (χ0n) is 16.0. The number of hydroxylamine groups is 2. The Hall–Kier alpha value is -3.18. The van der Waals surface area contributed by atoms with Crippen LogP contribution in [0.2, 0.25) is 0 Å². The molecule has 0 radical (unpaired) electrons. The lowest BCUT2D eigenvalue weighted by molar-refractivity contribution is -0.413. The number of aromatic hydroxyl groups is 1. The molecule has 8 N–H and O–H groups in total. The first-order chi connectivity index (χ1) is 15.0. The van der Waals surface area contributed by atoms with Crippen LogP contribution >= 0.6 is 0 Å². The molecular formula is C17H19FN4O10. The van der Waals surface area contributed by atoms with E-state index in [0.717, 1.165) is 0 Å². The number of rotatable bonds is 6. The van der Waals surface area contributed by atoms with Crippen LogP contribution in [0.5, 0.6) is 5.75 Å². The Morgan fingerprint density at radius 3 is 2.47 bits per heavy atom. The molecule has 1 amide bonds. The number of nitrogens with one attached hydrogen (secondary N) is 2. The first-order valence-electron chi connectivity index (χ1n) is 8.93. The zero-order valence-corrected chi connectivity index (χ0v) is 16.0. The predicted molar refractivity (Wildman–Crippen MR) is 98.4 cm³/mol. The van der Waals surface area contributed by atoms with Gasteiger partial charge in [-0.25, -0.2) is 9.36 Å². The standard InChI is InChI=1S/C17H19FN4O10/c18-20-14(27)10-6-21(15(28)19-13(10)26)17(30)16(29,12(25)11(7-23)32-17)22(31)5-8-1-3-9(24)4-2-8/h1-4,6,11-12,23-25,29-31H,5,7H2,(H,20,27)(H,19,26,28)/t11-,12-,16-,17-/m1/s1. The van der Waals surface area contributed by atoms with Crippen LogP contribution in [0.15, 0.2) is 40.1 Å². The van der Waals surface area contributed by atoms with E-state index in [0.29, 0.717) is 11.7 Å². The molecule has 2 heterocycles. The van der Waals surface area contributed by atoms with Gasteiger partial charge in [0.2, 0.25) is 5.72 Å². The average molecular weight is 458 g/mol. The number of benzene rings is 1. The van der Waals surface area contributed by atoms with Crippen LogP contribution in [0.1, 0.15) is 15.9 Å². The minimum atomic E-state index is -3.40. The van der Waals surface area contributed by atoms with Crippen molar-refractivity contribution >= 4 is 5.91 Å². The highest BCUT2D eigenvalue weighted by atomic mass is 19.2. The van der Waals surface area contributed by atoms with Crippen molar-refractivity contribution in [2.24, 2.45) is 0 Å². The number of aliphatic hydroxyl groups excluding tert-OH is 2.